The highest BCUT2D eigenvalue weighted by atomic mass is 19.1. The summed E-state index contributed by atoms with van der Waals surface area (Å²) in [5.41, 5.74) is 3.63. The Balaban J connectivity index is 1.37. The number of amides is 1. The minimum atomic E-state index is -0.253. The summed E-state index contributed by atoms with van der Waals surface area (Å²) in [5.74, 6) is 0.941. The number of ether oxygens (including phenoxy) is 2. The molecule has 0 aliphatic carbocycles. The van der Waals surface area contributed by atoms with Crippen molar-refractivity contribution >= 4 is 22.5 Å². The van der Waals surface area contributed by atoms with E-state index in [0.717, 1.165) is 22.0 Å². The van der Waals surface area contributed by atoms with Crippen LogP contribution >= 0.6 is 0 Å². The van der Waals surface area contributed by atoms with Gasteiger partial charge in [0.2, 0.25) is 12.7 Å². The summed E-state index contributed by atoms with van der Waals surface area (Å²) in [6.45, 7) is 0.796. The minimum absolute atomic E-state index is 0.112. The molecule has 0 spiro atoms. The quantitative estimate of drug-likeness (QED) is 0.525. The molecule has 1 aromatic heterocycles. The third-order valence-electron chi connectivity index (χ3n) is 5.14. The SMILES string of the molecule is O=C(Cc1cn(Cc2ccc(F)cc2)c2ccccc12)Nc1ccc2c(c1)OCO2. The van der Waals surface area contributed by atoms with E-state index in [1.165, 1.54) is 12.1 Å². The number of carbonyl (C=O) groups excluding carboxylic acids is 1. The van der Waals surface area contributed by atoms with Gasteiger partial charge in [0, 0.05) is 35.4 Å². The van der Waals surface area contributed by atoms with Gasteiger partial charge in [0.15, 0.2) is 11.5 Å². The van der Waals surface area contributed by atoms with Crippen molar-refractivity contribution in [3.63, 3.8) is 0 Å². The van der Waals surface area contributed by atoms with Crippen molar-refractivity contribution in [2.75, 3.05) is 12.1 Å². The number of halogens is 1. The van der Waals surface area contributed by atoms with E-state index in [0.29, 0.717) is 23.7 Å². The zero-order valence-electron chi connectivity index (χ0n) is 16.1. The lowest BCUT2D eigenvalue weighted by Gasteiger charge is -2.06. The number of hydrogen-bond donors (Lipinski definition) is 1. The second-order valence-electron chi connectivity index (χ2n) is 7.22. The second kappa shape index (κ2) is 7.55. The van der Waals surface area contributed by atoms with E-state index in [9.17, 15) is 9.18 Å². The maximum atomic E-state index is 13.2. The zero-order valence-corrected chi connectivity index (χ0v) is 16.1. The predicted molar refractivity (Wildman–Crippen MR) is 112 cm³/mol. The molecular formula is C24H19FN2O3. The Bertz CT molecular complexity index is 1230. The van der Waals surface area contributed by atoms with Crippen LogP contribution in [0.2, 0.25) is 0 Å². The first kappa shape index (κ1) is 18.2. The summed E-state index contributed by atoms with van der Waals surface area (Å²) in [5, 5.41) is 3.95. The molecule has 5 rings (SSSR count). The number of carbonyl (C=O) groups is 1. The Labute approximate surface area is 172 Å². The molecule has 0 radical (unpaired) electrons. The molecule has 0 saturated carbocycles. The topological polar surface area (TPSA) is 52.5 Å². The van der Waals surface area contributed by atoms with E-state index in [-0.39, 0.29) is 24.9 Å². The number of rotatable bonds is 5. The number of benzene rings is 3. The third kappa shape index (κ3) is 3.59. The summed E-state index contributed by atoms with van der Waals surface area (Å²) >= 11 is 0. The lowest BCUT2D eigenvalue weighted by molar-refractivity contribution is -0.115. The molecule has 5 nitrogen and oxygen atoms in total. The minimum Gasteiger partial charge on any atom is -0.454 e. The fraction of sp³-hybridized carbons (Fsp3) is 0.125. The molecule has 150 valence electrons. The van der Waals surface area contributed by atoms with Crippen LogP contribution in [-0.2, 0) is 17.8 Å². The summed E-state index contributed by atoms with van der Waals surface area (Å²) in [6, 6.07) is 19.8. The number of aromatic nitrogens is 1. The zero-order chi connectivity index (χ0) is 20.5. The number of nitrogens with one attached hydrogen (secondary N) is 1. The van der Waals surface area contributed by atoms with Crippen molar-refractivity contribution < 1.29 is 18.7 Å². The van der Waals surface area contributed by atoms with Crippen molar-refractivity contribution in [3.05, 3.63) is 89.9 Å². The van der Waals surface area contributed by atoms with E-state index in [2.05, 4.69) is 9.88 Å². The number of para-hydroxylation sites is 1. The molecule has 1 aliphatic heterocycles. The molecule has 0 saturated heterocycles. The van der Waals surface area contributed by atoms with Gasteiger partial charge in [-0.2, -0.15) is 0 Å². The fourth-order valence-electron chi connectivity index (χ4n) is 3.73. The molecule has 0 fully saturated rings. The molecule has 0 bridgehead atoms. The van der Waals surface area contributed by atoms with Crippen molar-refractivity contribution in [1.29, 1.82) is 0 Å². The molecule has 1 aliphatic rings. The van der Waals surface area contributed by atoms with Crippen LogP contribution in [0.1, 0.15) is 11.1 Å². The van der Waals surface area contributed by atoms with Gasteiger partial charge in [-0.05, 0) is 41.5 Å². The normalized spacial score (nSPS) is 12.3. The van der Waals surface area contributed by atoms with E-state index >= 15 is 0 Å². The van der Waals surface area contributed by atoms with Gasteiger partial charge < -0.3 is 19.4 Å². The first-order valence-corrected chi connectivity index (χ1v) is 9.66. The molecule has 0 unspecified atom stereocenters. The molecular weight excluding hydrogens is 383 g/mol. The van der Waals surface area contributed by atoms with Gasteiger partial charge in [-0.15, -0.1) is 0 Å². The lowest BCUT2D eigenvalue weighted by atomic mass is 10.1. The van der Waals surface area contributed by atoms with Gasteiger partial charge in [0.1, 0.15) is 5.82 Å². The number of nitrogens with zero attached hydrogens (tertiary/aromatic N) is 1. The number of anilines is 1. The first-order valence-electron chi connectivity index (χ1n) is 9.66. The van der Waals surface area contributed by atoms with Crippen LogP contribution in [-0.4, -0.2) is 17.3 Å². The van der Waals surface area contributed by atoms with Gasteiger partial charge >= 0.3 is 0 Å². The largest absolute Gasteiger partial charge is 0.454 e. The van der Waals surface area contributed by atoms with Gasteiger partial charge in [-0.25, -0.2) is 4.39 Å². The van der Waals surface area contributed by atoms with Crippen molar-refractivity contribution in [2.45, 2.75) is 13.0 Å². The maximum Gasteiger partial charge on any atom is 0.231 e. The van der Waals surface area contributed by atoms with Crippen LogP contribution in [0.15, 0.2) is 72.9 Å². The lowest BCUT2D eigenvalue weighted by Crippen LogP contribution is -2.14. The highest BCUT2D eigenvalue weighted by Gasteiger charge is 2.16. The Morgan fingerprint density at radius 2 is 1.80 bits per heavy atom. The van der Waals surface area contributed by atoms with Crippen LogP contribution in [0.5, 0.6) is 11.5 Å². The van der Waals surface area contributed by atoms with Crippen LogP contribution in [0, 0.1) is 5.82 Å². The summed E-state index contributed by atoms with van der Waals surface area (Å²) in [7, 11) is 0. The van der Waals surface area contributed by atoms with Crippen molar-refractivity contribution in [2.24, 2.45) is 0 Å². The number of hydrogen-bond acceptors (Lipinski definition) is 3. The molecule has 6 heteroatoms. The Hall–Kier alpha value is -3.80. The van der Waals surface area contributed by atoms with Crippen molar-refractivity contribution in [1.82, 2.24) is 4.57 Å². The van der Waals surface area contributed by atoms with Gasteiger partial charge in [-0.1, -0.05) is 30.3 Å². The third-order valence-corrected chi connectivity index (χ3v) is 5.14. The monoisotopic (exact) mass is 402 g/mol. The van der Waals surface area contributed by atoms with E-state index in [1.54, 1.807) is 30.3 Å². The van der Waals surface area contributed by atoms with Crippen LogP contribution in [0.3, 0.4) is 0 Å². The molecule has 4 aromatic rings. The van der Waals surface area contributed by atoms with Crippen molar-refractivity contribution in [3.8, 4) is 11.5 Å². The van der Waals surface area contributed by atoms with E-state index in [1.807, 2.05) is 30.5 Å². The van der Waals surface area contributed by atoms with Crippen LogP contribution < -0.4 is 14.8 Å². The van der Waals surface area contributed by atoms with Crippen LogP contribution in [0.4, 0.5) is 10.1 Å². The average molecular weight is 402 g/mol. The van der Waals surface area contributed by atoms with Crippen LogP contribution in [0.25, 0.3) is 10.9 Å². The van der Waals surface area contributed by atoms with Gasteiger partial charge in [0.25, 0.3) is 0 Å². The summed E-state index contributed by atoms with van der Waals surface area (Å²) in [6.07, 6.45) is 2.23. The molecule has 0 atom stereocenters. The molecule has 1 amide bonds. The smallest absolute Gasteiger partial charge is 0.231 e. The van der Waals surface area contributed by atoms with Gasteiger partial charge in [-0.3, -0.25) is 4.79 Å². The highest BCUT2D eigenvalue weighted by Crippen LogP contribution is 2.34. The maximum absolute atomic E-state index is 13.2. The second-order valence-corrected chi connectivity index (χ2v) is 7.22. The first-order chi connectivity index (χ1) is 14.7. The van der Waals surface area contributed by atoms with E-state index in [4.69, 9.17) is 9.47 Å². The number of fused-ring (bicyclic) bond motifs is 2. The van der Waals surface area contributed by atoms with Gasteiger partial charge in [0.05, 0.1) is 6.42 Å². The van der Waals surface area contributed by atoms with E-state index < -0.39 is 0 Å². The molecule has 30 heavy (non-hydrogen) atoms. The fourth-order valence-corrected chi connectivity index (χ4v) is 3.73. The summed E-state index contributed by atoms with van der Waals surface area (Å²) in [4.78, 5) is 12.7. The highest BCUT2D eigenvalue weighted by molar-refractivity contribution is 5.96. The standard InChI is InChI=1S/C24H19FN2O3/c25-18-7-5-16(6-8-18)13-27-14-17(20-3-1-2-4-21(20)27)11-24(28)26-19-9-10-22-23(12-19)30-15-29-22/h1-10,12,14H,11,13,15H2,(H,26,28). The Morgan fingerprint density at radius 3 is 2.67 bits per heavy atom. The molecule has 1 N–H and O–H groups in total. The summed E-state index contributed by atoms with van der Waals surface area (Å²) < 4.78 is 26.0. The molecule has 3 aromatic carbocycles. The Morgan fingerprint density at radius 1 is 1.00 bits per heavy atom. The average Bonchev–Trinajstić information content (AvgIpc) is 3.34. The molecule has 2 heterocycles. The predicted octanol–water partition coefficient (Wildman–Crippen LogP) is 4.74. The Kier molecular flexibility index (Phi) is 4.59.